The van der Waals surface area contributed by atoms with Crippen LogP contribution in [0.5, 0.6) is 0 Å². The number of hydrogen-bond acceptors (Lipinski definition) is 9. The fourth-order valence-electron chi connectivity index (χ4n) is 2.31. The summed E-state index contributed by atoms with van der Waals surface area (Å²) < 4.78 is 9.68. The molecule has 20 heavy (non-hydrogen) atoms. The summed E-state index contributed by atoms with van der Waals surface area (Å²) in [6, 6.07) is 0.368. The zero-order valence-electron chi connectivity index (χ0n) is 11.5. The first kappa shape index (κ1) is 13.0. The van der Waals surface area contributed by atoms with Crippen LogP contribution in [0, 0.1) is 0 Å². The van der Waals surface area contributed by atoms with Crippen molar-refractivity contribution in [2.75, 3.05) is 39.5 Å². The molecule has 1 fully saturated rings. The molecule has 0 aliphatic carbocycles. The van der Waals surface area contributed by atoms with E-state index >= 15 is 0 Å². The van der Waals surface area contributed by atoms with Crippen molar-refractivity contribution >= 4 is 5.82 Å². The van der Waals surface area contributed by atoms with Crippen LogP contribution in [-0.4, -0.2) is 70.0 Å². The zero-order chi connectivity index (χ0) is 14.1. The number of nitrogens with two attached hydrogens (primary N) is 1. The summed E-state index contributed by atoms with van der Waals surface area (Å²) in [5, 5.41) is 11.1. The first-order valence-corrected chi connectivity index (χ1v) is 6.43. The van der Waals surface area contributed by atoms with Crippen LogP contribution < -0.4 is 5.73 Å². The molecular weight excluding hydrogens is 262 g/mol. The Labute approximate surface area is 115 Å². The minimum absolute atomic E-state index is 0.148. The second kappa shape index (κ2) is 5.17. The van der Waals surface area contributed by atoms with Crippen LogP contribution in [0.25, 0.3) is 11.6 Å². The topological polar surface area (TPSA) is 110 Å². The summed E-state index contributed by atoms with van der Waals surface area (Å²) in [6.45, 7) is 3.09. The molecule has 9 nitrogen and oxygen atoms in total. The van der Waals surface area contributed by atoms with Crippen molar-refractivity contribution in [2.45, 2.75) is 12.5 Å². The summed E-state index contributed by atoms with van der Waals surface area (Å²) in [5.41, 5.74) is 5.89. The van der Waals surface area contributed by atoms with E-state index in [-0.39, 0.29) is 17.4 Å². The number of piperazine rings is 1. The molecule has 3 rings (SSSR count). The SMILES string of the molecule is CN1CCN(C)C(Cc2noc(-c3nonc3N)n2)C1. The minimum Gasteiger partial charge on any atom is -0.379 e. The largest absolute Gasteiger partial charge is 0.379 e. The third-order valence-corrected chi connectivity index (χ3v) is 3.58. The second-order valence-corrected chi connectivity index (χ2v) is 5.11. The van der Waals surface area contributed by atoms with E-state index in [0.717, 1.165) is 26.1 Å². The minimum atomic E-state index is 0.148. The van der Waals surface area contributed by atoms with Crippen molar-refractivity contribution < 1.29 is 9.15 Å². The molecule has 2 N–H and O–H groups in total. The first-order valence-electron chi connectivity index (χ1n) is 6.43. The van der Waals surface area contributed by atoms with Gasteiger partial charge < -0.3 is 20.1 Å². The van der Waals surface area contributed by atoms with Crippen LogP contribution in [0.1, 0.15) is 5.82 Å². The van der Waals surface area contributed by atoms with E-state index in [9.17, 15) is 0 Å². The highest BCUT2D eigenvalue weighted by Gasteiger charge is 2.25. The molecule has 0 amide bonds. The molecule has 9 heteroatoms. The molecule has 1 atom stereocenters. The Balaban J connectivity index is 1.73. The van der Waals surface area contributed by atoms with Gasteiger partial charge in [0.15, 0.2) is 5.82 Å². The van der Waals surface area contributed by atoms with Gasteiger partial charge in [-0.05, 0) is 24.4 Å². The summed E-state index contributed by atoms with van der Waals surface area (Å²) in [5.74, 6) is 1.02. The van der Waals surface area contributed by atoms with E-state index in [2.05, 4.69) is 49.0 Å². The van der Waals surface area contributed by atoms with Crippen LogP contribution in [0.3, 0.4) is 0 Å². The lowest BCUT2D eigenvalue weighted by Gasteiger charge is -2.37. The third-order valence-electron chi connectivity index (χ3n) is 3.58. The van der Waals surface area contributed by atoms with Gasteiger partial charge in [-0.15, -0.1) is 0 Å². The molecule has 108 valence electrons. The molecule has 3 heterocycles. The van der Waals surface area contributed by atoms with E-state index in [1.807, 2.05) is 0 Å². The molecule has 0 radical (unpaired) electrons. The van der Waals surface area contributed by atoms with Gasteiger partial charge in [0, 0.05) is 32.1 Å². The van der Waals surface area contributed by atoms with Crippen molar-refractivity contribution in [3.8, 4) is 11.6 Å². The van der Waals surface area contributed by atoms with Gasteiger partial charge in [0.1, 0.15) is 0 Å². The fourth-order valence-corrected chi connectivity index (χ4v) is 2.31. The summed E-state index contributed by atoms with van der Waals surface area (Å²) in [6.07, 6.45) is 0.718. The Morgan fingerprint density at radius 3 is 2.85 bits per heavy atom. The van der Waals surface area contributed by atoms with Crippen molar-refractivity contribution in [1.82, 2.24) is 30.3 Å². The van der Waals surface area contributed by atoms with Gasteiger partial charge >= 0.3 is 0 Å². The molecular formula is C11H17N7O2. The van der Waals surface area contributed by atoms with Crippen LogP contribution in [0.4, 0.5) is 5.82 Å². The Hall–Kier alpha value is -2.00. The van der Waals surface area contributed by atoms with Gasteiger partial charge in [0.2, 0.25) is 11.5 Å². The number of likely N-dealkylation sites (N-methyl/N-ethyl adjacent to an activating group) is 2. The summed E-state index contributed by atoms with van der Waals surface area (Å²) >= 11 is 0. The zero-order valence-corrected chi connectivity index (χ0v) is 11.5. The van der Waals surface area contributed by atoms with E-state index in [1.54, 1.807) is 0 Å². The number of rotatable bonds is 3. The first-order chi connectivity index (χ1) is 9.63. The number of hydrogen-bond donors (Lipinski definition) is 1. The van der Waals surface area contributed by atoms with Gasteiger partial charge in [-0.25, -0.2) is 4.63 Å². The Morgan fingerprint density at radius 2 is 2.10 bits per heavy atom. The maximum absolute atomic E-state index is 5.60. The maximum Gasteiger partial charge on any atom is 0.284 e. The lowest BCUT2D eigenvalue weighted by atomic mass is 10.1. The molecule has 0 saturated carbocycles. The molecule has 2 aromatic rings. The van der Waals surface area contributed by atoms with Crippen LogP contribution in [0.2, 0.25) is 0 Å². The van der Waals surface area contributed by atoms with Gasteiger partial charge in [0.05, 0.1) is 0 Å². The van der Waals surface area contributed by atoms with Crippen LogP contribution >= 0.6 is 0 Å². The molecule has 2 aromatic heterocycles. The Bertz CT molecular complexity index is 581. The van der Waals surface area contributed by atoms with E-state index in [4.69, 9.17) is 10.3 Å². The molecule has 1 aliphatic rings. The van der Waals surface area contributed by atoms with E-state index in [1.165, 1.54) is 0 Å². The number of aromatic nitrogens is 4. The molecule has 0 bridgehead atoms. The van der Waals surface area contributed by atoms with E-state index in [0.29, 0.717) is 11.9 Å². The lowest BCUT2D eigenvalue weighted by Crippen LogP contribution is -2.50. The standard InChI is InChI=1S/C11H17N7O2/c1-17-3-4-18(2)7(6-17)5-8-13-11(19-14-8)9-10(12)16-20-15-9/h7H,3-6H2,1-2H3,(H2,12,16). The second-order valence-electron chi connectivity index (χ2n) is 5.11. The highest BCUT2D eigenvalue weighted by molar-refractivity contribution is 5.60. The number of nitrogens with zero attached hydrogens (tertiary/aromatic N) is 6. The highest BCUT2D eigenvalue weighted by atomic mass is 16.6. The normalized spacial score (nSPS) is 21.4. The molecule has 0 spiro atoms. The summed E-state index contributed by atoms with van der Waals surface area (Å²) in [4.78, 5) is 8.91. The Morgan fingerprint density at radius 1 is 1.25 bits per heavy atom. The van der Waals surface area contributed by atoms with Crippen molar-refractivity contribution in [1.29, 1.82) is 0 Å². The fraction of sp³-hybridized carbons (Fsp3) is 0.636. The number of nitrogen functional groups attached to an aromatic ring is 1. The van der Waals surface area contributed by atoms with Crippen LogP contribution in [0.15, 0.2) is 9.15 Å². The van der Waals surface area contributed by atoms with Crippen molar-refractivity contribution in [2.24, 2.45) is 0 Å². The van der Waals surface area contributed by atoms with Gasteiger partial charge in [-0.1, -0.05) is 5.16 Å². The highest BCUT2D eigenvalue weighted by Crippen LogP contribution is 2.20. The monoisotopic (exact) mass is 279 g/mol. The molecule has 0 aromatic carbocycles. The molecule has 1 saturated heterocycles. The number of anilines is 1. The third kappa shape index (κ3) is 2.49. The van der Waals surface area contributed by atoms with Crippen molar-refractivity contribution in [3.63, 3.8) is 0 Å². The van der Waals surface area contributed by atoms with Gasteiger partial charge in [0.25, 0.3) is 5.89 Å². The maximum atomic E-state index is 5.60. The van der Waals surface area contributed by atoms with Crippen LogP contribution in [-0.2, 0) is 6.42 Å². The molecule has 1 unspecified atom stereocenters. The van der Waals surface area contributed by atoms with Gasteiger partial charge in [-0.2, -0.15) is 4.98 Å². The average molecular weight is 279 g/mol. The lowest BCUT2D eigenvalue weighted by molar-refractivity contribution is 0.113. The van der Waals surface area contributed by atoms with E-state index < -0.39 is 0 Å². The quantitative estimate of drug-likeness (QED) is 0.794. The molecule has 1 aliphatic heterocycles. The average Bonchev–Trinajstić information content (AvgIpc) is 3.02. The predicted molar refractivity (Wildman–Crippen MR) is 69.6 cm³/mol. The summed E-state index contributed by atoms with van der Waals surface area (Å²) in [7, 11) is 4.22. The predicted octanol–water partition coefficient (Wildman–Crippen LogP) is -0.510. The smallest absolute Gasteiger partial charge is 0.284 e. The van der Waals surface area contributed by atoms with Crippen molar-refractivity contribution in [3.05, 3.63) is 5.82 Å². The Kier molecular flexibility index (Phi) is 3.36. The van der Waals surface area contributed by atoms with Gasteiger partial charge in [-0.3, -0.25) is 0 Å².